The number of amides is 1. The number of carbonyl (C=O) groups excluding carboxylic acids is 2. The number of Topliss-reactive ketones (excluding diaryl/α,β-unsaturated/α-hetero) is 1. The molecule has 0 spiro atoms. The van der Waals surface area contributed by atoms with E-state index in [0.29, 0.717) is 28.4 Å². The summed E-state index contributed by atoms with van der Waals surface area (Å²) in [7, 11) is 4.50. The standard InChI is InChI=1S/C22H23NO7/c1-28-15-7-4-13(5-8-15)20(25)18-19(23(10-11-24)22(27)21(18)26)14-6-9-16(29-2)17(12-14)30-3/h4-9,12,19,24-25H,10-11H2,1-3H3. The summed E-state index contributed by atoms with van der Waals surface area (Å²) < 4.78 is 15.7. The molecular weight excluding hydrogens is 390 g/mol. The van der Waals surface area contributed by atoms with Crippen molar-refractivity contribution in [3.05, 3.63) is 59.2 Å². The number of ketones is 1. The molecule has 2 N–H and O–H groups in total. The minimum Gasteiger partial charge on any atom is -0.507 e. The number of ether oxygens (including phenoxy) is 3. The van der Waals surface area contributed by atoms with Gasteiger partial charge in [-0.3, -0.25) is 9.59 Å². The SMILES string of the molecule is COc1ccc(C(O)=C2C(=O)C(=O)N(CCO)C2c2ccc(OC)c(OC)c2)cc1. The Balaban J connectivity index is 2.18. The van der Waals surface area contributed by atoms with E-state index in [1.165, 1.54) is 26.2 Å². The van der Waals surface area contributed by atoms with Crippen LogP contribution in [0.5, 0.6) is 17.2 Å². The Bertz CT molecular complexity index is 981. The van der Waals surface area contributed by atoms with E-state index >= 15 is 0 Å². The van der Waals surface area contributed by atoms with Gasteiger partial charge in [-0.15, -0.1) is 0 Å². The maximum atomic E-state index is 12.8. The van der Waals surface area contributed by atoms with E-state index in [1.807, 2.05) is 0 Å². The van der Waals surface area contributed by atoms with Gasteiger partial charge in [-0.2, -0.15) is 0 Å². The Morgan fingerprint density at radius 3 is 2.20 bits per heavy atom. The van der Waals surface area contributed by atoms with Crippen molar-refractivity contribution < 1.29 is 34.0 Å². The Morgan fingerprint density at radius 1 is 0.967 bits per heavy atom. The van der Waals surface area contributed by atoms with Gasteiger partial charge in [0, 0.05) is 12.1 Å². The highest BCUT2D eigenvalue weighted by atomic mass is 16.5. The fraction of sp³-hybridized carbons (Fsp3) is 0.273. The van der Waals surface area contributed by atoms with Gasteiger partial charge in [-0.25, -0.2) is 0 Å². The fourth-order valence-corrected chi connectivity index (χ4v) is 3.49. The number of hydrogen-bond acceptors (Lipinski definition) is 7. The van der Waals surface area contributed by atoms with E-state index in [1.54, 1.807) is 42.5 Å². The number of hydrogen-bond donors (Lipinski definition) is 2. The van der Waals surface area contributed by atoms with Crippen LogP contribution in [-0.4, -0.2) is 61.3 Å². The molecule has 1 saturated heterocycles. The molecule has 2 aromatic carbocycles. The Labute approximate surface area is 173 Å². The molecule has 1 heterocycles. The smallest absolute Gasteiger partial charge is 0.295 e. The number of aliphatic hydroxyl groups is 2. The first kappa shape index (κ1) is 21.2. The highest BCUT2D eigenvalue weighted by Crippen LogP contribution is 2.41. The number of aliphatic hydroxyl groups excluding tert-OH is 2. The largest absolute Gasteiger partial charge is 0.507 e. The molecule has 8 heteroatoms. The molecule has 0 radical (unpaired) electrons. The second-order valence-electron chi connectivity index (χ2n) is 6.56. The summed E-state index contributed by atoms with van der Waals surface area (Å²) in [4.78, 5) is 26.7. The van der Waals surface area contributed by atoms with E-state index in [0.717, 1.165) is 0 Å². The van der Waals surface area contributed by atoms with Crippen LogP contribution in [0.25, 0.3) is 5.76 Å². The van der Waals surface area contributed by atoms with Gasteiger partial charge < -0.3 is 29.3 Å². The van der Waals surface area contributed by atoms with E-state index in [9.17, 15) is 19.8 Å². The van der Waals surface area contributed by atoms with Gasteiger partial charge in [0.1, 0.15) is 11.5 Å². The van der Waals surface area contributed by atoms with Crippen LogP contribution in [0.1, 0.15) is 17.2 Å². The second-order valence-corrected chi connectivity index (χ2v) is 6.56. The maximum absolute atomic E-state index is 12.8. The van der Waals surface area contributed by atoms with Gasteiger partial charge in [0.25, 0.3) is 11.7 Å². The monoisotopic (exact) mass is 413 g/mol. The number of carbonyl (C=O) groups is 2. The molecule has 158 valence electrons. The lowest BCUT2D eigenvalue weighted by atomic mass is 9.95. The Morgan fingerprint density at radius 2 is 1.63 bits per heavy atom. The molecule has 3 rings (SSSR count). The molecule has 1 atom stereocenters. The zero-order valence-electron chi connectivity index (χ0n) is 16.9. The van der Waals surface area contributed by atoms with Crippen molar-refractivity contribution in [2.45, 2.75) is 6.04 Å². The molecule has 0 aromatic heterocycles. The summed E-state index contributed by atoms with van der Waals surface area (Å²) in [5.41, 5.74) is 0.837. The third-order valence-electron chi connectivity index (χ3n) is 4.97. The van der Waals surface area contributed by atoms with Crippen molar-refractivity contribution in [3.63, 3.8) is 0 Å². The van der Waals surface area contributed by atoms with E-state index in [2.05, 4.69) is 0 Å². The van der Waals surface area contributed by atoms with Crippen LogP contribution in [0.2, 0.25) is 0 Å². The van der Waals surface area contributed by atoms with Crippen LogP contribution in [0.3, 0.4) is 0 Å². The zero-order valence-corrected chi connectivity index (χ0v) is 16.9. The van der Waals surface area contributed by atoms with E-state index < -0.39 is 17.7 Å². The molecule has 1 aliphatic rings. The van der Waals surface area contributed by atoms with Crippen LogP contribution >= 0.6 is 0 Å². The lowest BCUT2D eigenvalue weighted by Gasteiger charge is -2.25. The first-order valence-corrected chi connectivity index (χ1v) is 9.22. The lowest BCUT2D eigenvalue weighted by molar-refractivity contribution is -0.140. The van der Waals surface area contributed by atoms with Gasteiger partial charge >= 0.3 is 0 Å². The summed E-state index contributed by atoms with van der Waals surface area (Å²) in [6.07, 6.45) is 0. The highest BCUT2D eigenvalue weighted by molar-refractivity contribution is 6.46. The molecule has 8 nitrogen and oxygen atoms in total. The van der Waals surface area contributed by atoms with Gasteiger partial charge in [0.05, 0.1) is 39.6 Å². The van der Waals surface area contributed by atoms with Gasteiger partial charge in [-0.05, 0) is 42.0 Å². The number of nitrogens with zero attached hydrogens (tertiary/aromatic N) is 1. The molecule has 1 fully saturated rings. The third kappa shape index (κ3) is 3.69. The second kappa shape index (κ2) is 8.87. The summed E-state index contributed by atoms with van der Waals surface area (Å²) in [5.74, 6) is -0.444. The first-order valence-electron chi connectivity index (χ1n) is 9.22. The van der Waals surface area contributed by atoms with Crippen molar-refractivity contribution in [3.8, 4) is 17.2 Å². The molecule has 2 aromatic rings. The lowest BCUT2D eigenvalue weighted by Crippen LogP contribution is -2.32. The summed E-state index contributed by atoms with van der Waals surface area (Å²) >= 11 is 0. The van der Waals surface area contributed by atoms with Crippen LogP contribution in [0, 0.1) is 0 Å². The first-order chi connectivity index (χ1) is 14.5. The average molecular weight is 413 g/mol. The maximum Gasteiger partial charge on any atom is 0.295 e. The molecule has 0 saturated carbocycles. The third-order valence-corrected chi connectivity index (χ3v) is 4.97. The number of rotatable bonds is 7. The summed E-state index contributed by atoms with van der Waals surface area (Å²) in [6, 6.07) is 10.6. The molecular formula is C22H23NO7. The predicted octanol–water partition coefficient (Wildman–Crippen LogP) is 2.13. The Kier molecular flexibility index (Phi) is 6.27. The van der Waals surface area contributed by atoms with Crippen molar-refractivity contribution in [2.75, 3.05) is 34.5 Å². The Hall–Kier alpha value is -3.52. The molecule has 1 aliphatic heterocycles. The molecule has 0 aliphatic carbocycles. The van der Waals surface area contributed by atoms with Crippen molar-refractivity contribution >= 4 is 17.4 Å². The minimum absolute atomic E-state index is 0.0640. The van der Waals surface area contributed by atoms with Gasteiger partial charge in [0.15, 0.2) is 11.5 Å². The summed E-state index contributed by atoms with van der Waals surface area (Å²) in [6.45, 7) is -0.400. The number of benzene rings is 2. The van der Waals surface area contributed by atoms with E-state index in [4.69, 9.17) is 14.2 Å². The summed E-state index contributed by atoms with van der Waals surface area (Å²) in [5, 5.41) is 20.4. The van der Waals surface area contributed by atoms with Crippen LogP contribution in [-0.2, 0) is 9.59 Å². The van der Waals surface area contributed by atoms with Gasteiger partial charge in [-0.1, -0.05) is 6.07 Å². The van der Waals surface area contributed by atoms with Crippen molar-refractivity contribution in [1.82, 2.24) is 4.90 Å². The van der Waals surface area contributed by atoms with Crippen LogP contribution in [0.15, 0.2) is 48.0 Å². The fourth-order valence-electron chi connectivity index (χ4n) is 3.49. The zero-order chi connectivity index (χ0) is 21.8. The highest BCUT2D eigenvalue weighted by Gasteiger charge is 2.46. The average Bonchev–Trinajstić information content (AvgIpc) is 3.03. The number of likely N-dealkylation sites (tertiary alicyclic amines) is 1. The molecule has 1 unspecified atom stereocenters. The quantitative estimate of drug-likeness (QED) is 0.407. The van der Waals surface area contributed by atoms with Gasteiger partial charge in [0.2, 0.25) is 0 Å². The number of methoxy groups -OCH3 is 3. The van der Waals surface area contributed by atoms with Crippen LogP contribution < -0.4 is 14.2 Å². The van der Waals surface area contributed by atoms with Crippen molar-refractivity contribution in [1.29, 1.82) is 0 Å². The normalized spacial score (nSPS) is 17.9. The molecule has 0 bridgehead atoms. The van der Waals surface area contributed by atoms with E-state index in [-0.39, 0.29) is 24.5 Å². The number of β-amino-alcohol motifs (C(OH)–C–C–N with tert-alkyl or cyclic N) is 1. The van der Waals surface area contributed by atoms with Crippen molar-refractivity contribution in [2.24, 2.45) is 0 Å². The molecule has 30 heavy (non-hydrogen) atoms. The molecule has 1 amide bonds. The van der Waals surface area contributed by atoms with Crippen LogP contribution in [0.4, 0.5) is 0 Å². The minimum atomic E-state index is -0.890. The topological polar surface area (TPSA) is 106 Å². The predicted molar refractivity (Wildman–Crippen MR) is 109 cm³/mol.